The van der Waals surface area contributed by atoms with Gasteiger partial charge in [0.05, 0.1) is 12.1 Å². The van der Waals surface area contributed by atoms with Crippen molar-refractivity contribution in [3.63, 3.8) is 0 Å². The molecule has 1 nitrogen and oxygen atoms in total. The summed E-state index contributed by atoms with van der Waals surface area (Å²) in [7, 11) is 0. The normalized spacial score (nSPS) is 17.8. The molecule has 0 spiro atoms. The van der Waals surface area contributed by atoms with E-state index in [-0.39, 0.29) is 12.1 Å². The Kier molecular flexibility index (Phi) is 4.61. The van der Waals surface area contributed by atoms with Crippen LogP contribution in [0.1, 0.15) is 23.2 Å². The minimum Gasteiger partial charge on any atom is -0.296 e. The second-order valence-electron chi connectivity index (χ2n) is 9.02. The van der Waals surface area contributed by atoms with Crippen LogP contribution in [0.2, 0.25) is 0 Å². The van der Waals surface area contributed by atoms with E-state index in [0.29, 0.717) is 0 Å². The molecule has 2 heteroatoms. The van der Waals surface area contributed by atoms with Crippen molar-refractivity contribution >= 4 is 42.3 Å². The number of thiophene rings is 1. The van der Waals surface area contributed by atoms with Gasteiger partial charge in [0.15, 0.2) is 0 Å². The van der Waals surface area contributed by atoms with Crippen molar-refractivity contribution in [1.82, 2.24) is 5.32 Å². The average Bonchev–Trinajstić information content (AvgIpc) is 3.54. The van der Waals surface area contributed by atoms with Crippen LogP contribution in [-0.2, 0) is 0 Å². The maximum Gasteiger partial charge on any atom is 0.0520 e. The van der Waals surface area contributed by atoms with Crippen LogP contribution in [0.5, 0.6) is 0 Å². The van der Waals surface area contributed by atoms with Crippen molar-refractivity contribution < 1.29 is 0 Å². The highest BCUT2D eigenvalue weighted by Crippen LogP contribution is 2.43. The summed E-state index contributed by atoms with van der Waals surface area (Å²) in [6, 6.07) is 40.1. The predicted octanol–water partition coefficient (Wildman–Crippen LogP) is 8.82. The van der Waals surface area contributed by atoms with Crippen molar-refractivity contribution in [2.24, 2.45) is 0 Å². The number of hydrogen-bond acceptors (Lipinski definition) is 2. The summed E-state index contributed by atoms with van der Waals surface area (Å²) in [5.41, 5.74) is 5.20. The summed E-state index contributed by atoms with van der Waals surface area (Å²) in [5.74, 6) is 0. The van der Waals surface area contributed by atoms with Crippen LogP contribution < -0.4 is 5.32 Å². The van der Waals surface area contributed by atoms with Crippen LogP contribution >= 0.6 is 11.3 Å². The number of hydrogen-bond donors (Lipinski definition) is 1. The van der Waals surface area contributed by atoms with Crippen molar-refractivity contribution in [1.29, 1.82) is 0 Å². The van der Waals surface area contributed by atoms with Gasteiger partial charge in [-0.25, -0.2) is 0 Å². The molecule has 1 aliphatic rings. The van der Waals surface area contributed by atoms with E-state index in [0.717, 1.165) is 0 Å². The van der Waals surface area contributed by atoms with Gasteiger partial charge in [0.25, 0.3) is 0 Å². The summed E-state index contributed by atoms with van der Waals surface area (Å²) >= 11 is 1.89. The lowest BCUT2D eigenvalue weighted by Gasteiger charge is -2.18. The average molecular weight is 454 g/mol. The Morgan fingerprint density at radius 3 is 2.24 bits per heavy atom. The molecule has 34 heavy (non-hydrogen) atoms. The van der Waals surface area contributed by atoms with E-state index in [1.54, 1.807) is 0 Å². The highest BCUT2D eigenvalue weighted by molar-refractivity contribution is 7.25. The molecule has 2 heterocycles. The number of nitrogens with one attached hydrogen (secondary N) is 1. The zero-order chi connectivity index (χ0) is 22.5. The van der Waals surface area contributed by atoms with Gasteiger partial charge in [0.2, 0.25) is 0 Å². The maximum atomic E-state index is 3.87. The smallest absolute Gasteiger partial charge is 0.0520 e. The van der Waals surface area contributed by atoms with Gasteiger partial charge >= 0.3 is 0 Å². The minimum atomic E-state index is 0.172. The van der Waals surface area contributed by atoms with E-state index in [1.165, 1.54) is 53.2 Å². The van der Waals surface area contributed by atoms with Crippen LogP contribution in [0.4, 0.5) is 0 Å². The summed E-state index contributed by atoms with van der Waals surface area (Å²) < 4.78 is 2.69. The third kappa shape index (κ3) is 3.27. The second-order valence-corrected chi connectivity index (χ2v) is 10.1. The molecule has 1 aromatic heterocycles. The molecule has 5 aromatic carbocycles. The Bertz CT molecular complexity index is 1690. The van der Waals surface area contributed by atoms with Gasteiger partial charge in [-0.2, -0.15) is 0 Å². The first-order valence-corrected chi connectivity index (χ1v) is 12.6. The highest BCUT2D eigenvalue weighted by atomic mass is 32.1. The van der Waals surface area contributed by atoms with Crippen LogP contribution in [-0.4, -0.2) is 0 Å². The lowest BCUT2D eigenvalue weighted by molar-refractivity contribution is 0.610. The van der Waals surface area contributed by atoms with Gasteiger partial charge in [-0.05, 0) is 57.3 Å². The fraction of sp³-hybridized carbons (Fsp3) is 0.0625. The summed E-state index contributed by atoms with van der Waals surface area (Å²) in [5, 5.41) is 9.15. The lowest BCUT2D eigenvalue weighted by Crippen LogP contribution is -2.18. The van der Waals surface area contributed by atoms with Gasteiger partial charge in [0.1, 0.15) is 0 Å². The van der Waals surface area contributed by atoms with Crippen molar-refractivity contribution in [2.75, 3.05) is 0 Å². The Balaban J connectivity index is 1.40. The summed E-state index contributed by atoms with van der Waals surface area (Å²) in [6.07, 6.45) is 4.64. The fourth-order valence-corrected chi connectivity index (χ4v) is 6.43. The Labute approximate surface area is 203 Å². The van der Waals surface area contributed by atoms with E-state index in [4.69, 9.17) is 0 Å². The van der Waals surface area contributed by atoms with Crippen molar-refractivity contribution in [3.05, 3.63) is 132 Å². The van der Waals surface area contributed by atoms with Gasteiger partial charge in [0, 0.05) is 20.2 Å². The number of fused-ring (bicyclic) bond motifs is 4. The van der Waals surface area contributed by atoms with Crippen molar-refractivity contribution in [3.8, 4) is 11.1 Å². The molecule has 0 aliphatic carbocycles. The standard InChI is InChI=1S/C32H23NS/c1-2-9-22(10-3-1)28-16-17-29(33-28)27-19-25(24-15-14-21-8-4-5-11-23(21)18-24)20-31-32(27)26-12-6-7-13-30(26)34-31/h1-20,28-29,33H. The molecule has 0 fully saturated rings. The largest absolute Gasteiger partial charge is 0.296 e. The topological polar surface area (TPSA) is 12.0 Å². The third-order valence-electron chi connectivity index (χ3n) is 6.94. The molecular formula is C32H23NS. The monoisotopic (exact) mass is 453 g/mol. The first kappa shape index (κ1) is 19.7. The zero-order valence-corrected chi connectivity index (χ0v) is 19.4. The maximum absolute atomic E-state index is 3.87. The minimum absolute atomic E-state index is 0.172. The molecule has 2 atom stereocenters. The van der Waals surface area contributed by atoms with Gasteiger partial charge < -0.3 is 0 Å². The van der Waals surface area contributed by atoms with Gasteiger partial charge in [-0.1, -0.05) is 97.1 Å². The SMILES string of the molecule is C1=CC(c2cc(-c3ccc4ccccc4c3)cc3sc4ccccc4c23)NC1c1ccccc1. The molecule has 0 amide bonds. The van der Waals surface area contributed by atoms with Crippen LogP contribution in [0, 0.1) is 0 Å². The molecule has 0 bridgehead atoms. The molecule has 0 saturated heterocycles. The first-order valence-electron chi connectivity index (χ1n) is 11.8. The van der Waals surface area contributed by atoms with Crippen molar-refractivity contribution in [2.45, 2.75) is 12.1 Å². The predicted molar refractivity (Wildman–Crippen MR) is 146 cm³/mol. The molecule has 0 radical (unpaired) electrons. The number of rotatable bonds is 3. The lowest BCUT2D eigenvalue weighted by atomic mass is 9.94. The van der Waals surface area contributed by atoms with E-state index < -0.39 is 0 Å². The molecule has 162 valence electrons. The molecule has 1 aliphatic heterocycles. The molecule has 7 rings (SSSR count). The molecule has 1 N–H and O–H groups in total. The van der Waals surface area contributed by atoms with E-state index in [9.17, 15) is 0 Å². The quantitative estimate of drug-likeness (QED) is 0.264. The Morgan fingerprint density at radius 1 is 0.559 bits per heavy atom. The molecule has 2 unspecified atom stereocenters. The molecule has 0 saturated carbocycles. The van der Waals surface area contributed by atoms with E-state index in [2.05, 4.69) is 127 Å². The van der Waals surface area contributed by atoms with Crippen LogP contribution in [0.15, 0.2) is 121 Å². The fourth-order valence-electron chi connectivity index (χ4n) is 5.26. The van der Waals surface area contributed by atoms with Gasteiger partial charge in [-0.15, -0.1) is 11.3 Å². The second kappa shape index (κ2) is 7.95. The summed E-state index contributed by atoms with van der Waals surface area (Å²) in [6.45, 7) is 0. The van der Waals surface area contributed by atoms with Gasteiger partial charge in [-0.3, -0.25) is 5.32 Å². The Morgan fingerprint density at radius 2 is 1.32 bits per heavy atom. The summed E-state index contributed by atoms with van der Waals surface area (Å²) in [4.78, 5) is 0. The number of benzene rings is 5. The first-order chi connectivity index (χ1) is 16.8. The Hall–Kier alpha value is -3.72. The highest BCUT2D eigenvalue weighted by Gasteiger charge is 2.24. The molecular weight excluding hydrogens is 430 g/mol. The van der Waals surface area contributed by atoms with E-state index >= 15 is 0 Å². The molecule has 6 aromatic rings. The van der Waals surface area contributed by atoms with E-state index in [1.807, 2.05) is 11.3 Å². The zero-order valence-electron chi connectivity index (χ0n) is 18.6. The van der Waals surface area contributed by atoms with Crippen LogP contribution in [0.3, 0.4) is 0 Å². The third-order valence-corrected chi connectivity index (χ3v) is 8.06. The van der Waals surface area contributed by atoms with Crippen LogP contribution in [0.25, 0.3) is 42.1 Å².